The second-order valence-corrected chi connectivity index (χ2v) is 5.14. The van der Waals surface area contributed by atoms with Gasteiger partial charge in [0.25, 0.3) is 5.56 Å². The molecule has 0 unspecified atom stereocenters. The van der Waals surface area contributed by atoms with E-state index in [1.54, 1.807) is 0 Å². The molecule has 0 amide bonds. The molecule has 0 fully saturated rings. The van der Waals surface area contributed by atoms with Gasteiger partial charge in [-0.15, -0.1) is 5.92 Å². The monoisotopic (exact) mass is 359 g/mol. The molecule has 1 aromatic heterocycles. The van der Waals surface area contributed by atoms with Gasteiger partial charge < -0.3 is 10.1 Å². The smallest absolute Gasteiger partial charge is 0.251 e. The fourth-order valence-corrected chi connectivity index (χ4v) is 2.58. The predicted octanol–water partition coefficient (Wildman–Crippen LogP) is 2.17. The van der Waals surface area contributed by atoms with Gasteiger partial charge in [-0.1, -0.05) is 12.8 Å². The number of halogens is 1. The number of aliphatic hydroxyl groups is 1. The lowest BCUT2D eigenvalue weighted by Crippen LogP contribution is -2.17. The fourth-order valence-electron chi connectivity index (χ4n) is 1.82. The van der Waals surface area contributed by atoms with Crippen LogP contribution in [0.5, 0.6) is 0 Å². The summed E-state index contributed by atoms with van der Waals surface area (Å²) in [4.78, 5) is 14.6. The van der Waals surface area contributed by atoms with E-state index in [2.05, 4.69) is 39.4 Å². The van der Waals surface area contributed by atoms with Crippen LogP contribution in [0, 0.1) is 22.5 Å². The number of hydrogen-bond donors (Lipinski definition) is 2. The zero-order valence-corrected chi connectivity index (χ0v) is 12.9. The second kappa shape index (κ2) is 7.59. The van der Waals surface area contributed by atoms with E-state index in [9.17, 15) is 4.79 Å². The Balaban J connectivity index is 3.19. The summed E-state index contributed by atoms with van der Waals surface area (Å²) in [6.45, 7) is 3.99. The summed E-state index contributed by atoms with van der Waals surface area (Å²) < 4.78 is 0.863. The maximum absolute atomic E-state index is 11.7. The van der Waals surface area contributed by atoms with Gasteiger partial charge in [-0.25, -0.2) is 0 Å². The first-order chi connectivity index (χ1) is 8.61. The predicted molar refractivity (Wildman–Crippen MR) is 81.7 cm³/mol. The molecular weight excluding hydrogens is 341 g/mol. The van der Waals surface area contributed by atoms with Crippen LogP contribution >= 0.6 is 22.6 Å². The molecule has 0 spiro atoms. The summed E-state index contributed by atoms with van der Waals surface area (Å²) in [5.41, 5.74) is 2.85. The molecule has 0 saturated carbocycles. The van der Waals surface area contributed by atoms with Crippen molar-refractivity contribution in [1.82, 2.24) is 4.98 Å². The molecule has 18 heavy (non-hydrogen) atoms. The van der Waals surface area contributed by atoms with Crippen molar-refractivity contribution in [2.24, 2.45) is 0 Å². The first-order valence-corrected chi connectivity index (χ1v) is 7.16. The van der Waals surface area contributed by atoms with E-state index in [0.29, 0.717) is 12.8 Å². The van der Waals surface area contributed by atoms with Crippen molar-refractivity contribution < 1.29 is 5.11 Å². The van der Waals surface area contributed by atoms with Gasteiger partial charge in [-0.05, 0) is 53.5 Å². The van der Waals surface area contributed by atoms with Gasteiger partial charge >= 0.3 is 0 Å². The van der Waals surface area contributed by atoms with Gasteiger partial charge in [0.15, 0.2) is 0 Å². The third-order valence-corrected chi connectivity index (χ3v) is 3.72. The van der Waals surface area contributed by atoms with Gasteiger partial charge in [0.1, 0.15) is 0 Å². The topological polar surface area (TPSA) is 53.1 Å². The Morgan fingerprint density at radius 3 is 2.67 bits per heavy atom. The van der Waals surface area contributed by atoms with E-state index < -0.39 is 0 Å². The third kappa shape index (κ3) is 3.85. The lowest BCUT2D eigenvalue weighted by molar-refractivity contribution is 0.288. The van der Waals surface area contributed by atoms with Crippen LogP contribution in [-0.2, 0) is 12.8 Å². The van der Waals surface area contributed by atoms with Crippen LogP contribution in [-0.4, -0.2) is 16.7 Å². The first-order valence-electron chi connectivity index (χ1n) is 6.08. The highest BCUT2D eigenvalue weighted by molar-refractivity contribution is 14.1. The van der Waals surface area contributed by atoms with Crippen LogP contribution in [0.25, 0.3) is 0 Å². The zero-order chi connectivity index (χ0) is 13.5. The van der Waals surface area contributed by atoms with Crippen LogP contribution in [0.15, 0.2) is 4.79 Å². The van der Waals surface area contributed by atoms with E-state index in [-0.39, 0.29) is 12.2 Å². The average Bonchev–Trinajstić information content (AvgIpc) is 2.35. The molecule has 0 saturated heterocycles. The van der Waals surface area contributed by atoms with Gasteiger partial charge in [-0.3, -0.25) is 4.79 Å². The second-order valence-electron chi connectivity index (χ2n) is 4.06. The van der Waals surface area contributed by atoms with Crippen LogP contribution in [0.4, 0.5) is 0 Å². The largest absolute Gasteiger partial charge is 0.396 e. The lowest BCUT2D eigenvalue weighted by Gasteiger charge is -2.11. The maximum atomic E-state index is 11.7. The Hall–Kier alpha value is -0.800. The molecule has 0 bridgehead atoms. The van der Waals surface area contributed by atoms with E-state index in [0.717, 1.165) is 33.2 Å². The summed E-state index contributed by atoms with van der Waals surface area (Å²) >= 11 is 2.15. The van der Waals surface area contributed by atoms with E-state index >= 15 is 0 Å². The highest BCUT2D eigenvalue weighted by Crippen LogP contribution is 2.18. The van der Waals surface area contributed by atoms with Gasteiger partial charge in [-0.2, -0.15) is 0 Å². The van der Waals surface area contributed by atoms with Crippen LogP contribution in [0.2, 0.25) is 0 Å². The Morgan fingerprint density at radius 2 is 2.06 bits per heavy atom. The van der Waals surface area contributed by atoms with Crippen molar-refractivity contribution in [2.45, 2.75) is 39.5 Å². The molecule has 0 aliphatic heterocycles. The number of aliphatic hydroxyl groups excluding tert-OH is 1. The summed E-state index contributed by atoms with van der Waals surface area (Å²) in [6, 6.07) is 0. The van der Waals surface area contributed by atoms with Crippen LogP contribution in [0.3, 0.4) is 0 Å². The summed E-state index contributed by atoms with van der Waals surface area (Å²) in [5, 5.41) is 8.95. The van der Waals surface area contributed by atoms with E-state index in [1.165, 1.54) is 0 Å². The number of pyridine rings is 1. The molecule has 0 aromatic carbocycles. The molecule has 0 atom stereocenters. The number of aromatic nitrogens is 1. The Morgan fingerprint density at radius 1 is 1.33 bits per heavy atom. The minimum atomic E-state index is -0.0421. The highest BCUT2D eigenvalue weighted by atomic mass is 127. The van der Waals surface area contributed by atoms with Crippen molar-refractivity contribution in [2.75, 3.05) is 6.61 Å². The van der Waals surface area contributed by atoms with Crippen LogP contribution in [0.1, 0.15) is 36.5 Å². The fraction of sp³-hybridized carbons (Fsp3) is 0.500. The number of aromatic amines is 1. The normalized spacial score (nSPS) is 10.0. The van der Waals surface area contributed by atoms with Crippen molar-refractivity contribution in [3.63, 3.8) is 0 Å². The quantitative estimate of drug-likeness (QED) is 0.492. The van der Waals surface area contributed by atoms with Gasteiger partial charge in [0.05, 0.1) is 3.70 Å². The maximum Gasteiger partial charge on any atom is 0.251 e. The van der Waals surface area contributed by atoms with Crippen molar-refractivity contribution >= 4 is 22.6 Å². The number of hydrogen-bond acceptors (Lipinski definition) is 2. The lowest BCUT2D eigenvalue weighted by atomic mass is 9.98. The molecule has 4 heteroatoms. The summed E-state index contributed by atoms with van der Waals surface area (Å²) in [6.07, 6.45) is 2.90. The van der Waals surface area contributed by atoms with Gasteiger partial charge in [0.2, 0.25) is 0 Å². The molecule has 1 rings (SSSR count). The molecule has 0 aliphatic rings. The Kier molecular flexibility index (Phi) is 6.44. The van der Waals surface area contributed by atoms with E-state index in [1.807, 2.05) is 13.8 Å². The molecule has 0 aliphatic carbocycles. The molecule has 3 nitrogen and oxygen atoms in total. The SMILES string of the molecule is CCC#CCc1c(I)[nH]c(=O)c(C)c1CCCO. The summed E-state index contributed by atoms with van der Waals surface area (Å²) in [5.74, 6) is 6.16. The molecular formula is C14H18INO2. The number of rotatable bonds is 4. The highest BCUT2D eigenvalue weighted by Gasteiger charge is 2.12. The number of nitrogens with one attached hydrogen (secondary N) is 1. The van der Waals surface area contributed by atoms with Crippen molar-refractivity contribution in [1.29, 1.82) is 0 Å². The minimum Gasteiger partial charge on any atom is -0.396 e. The third-order valence-electron chi connectivity index (χ3n) is 2.80. The van der Waals surface area contributed by atoms with Crippen LogP contribution < -0.4 is 5.56 Å². The Bertz CT molecular complexity index is 523. The molecule has 1 aromatic rings. The molecule has 2 N–H and O–H groups in total. The first kappa shape index (κ1) is 15.3. The van der Waals surface area contributed by atoms with Crippen molar-refractivity contribution in [3.05, 3.63) is 30.7 Å². The Labute approximate surface area is 121 Å². The standard InChI is InChI=1S/C14H18INO2/c1-3-4-5-7-12-11(8-6-9-17)10(2)14(18)16-13(12)15/h17H,3,6-9H2,1-2H3,(H,16,18). The van der Waals surface area contributed by atoms with E-state index in [4.69, 9.17) is 5.11 Å². The summed E-state index contributed by atoms with van der Waals surface area (Å²) in [7, 11) is 0. The average molecular weight is 359 g/mol. The van der Waals surface area contributed by atoms with Crippen molar-refractivity contribution in [3.8, 4) is 11.8 Å². The molecule has 0 radical (unpaired) electrons. The van der Waals surface area contributed by atoms with Gasteiger partial charge in [0, 0.05) is 25.0 Å². The number of H-pyrrole nitrogens is 1. The molecule has 1 heterocycles. The zero-order valence-electron chi connectivity index (χ0n) is 10.8. The molecule has 98 valence electrons. The minimum absolute atomic E-state index is 0.0421.